The summed E-state index contributed by atoms with van der Waals surface area (Å²) in [4.78, 5) is 14.8. The number of amides is 1. The lowest BCUT2D eigenvalue weighted by Gasteiger charge is -2.31. The number of rotatable bonds is 3. The van der Waals surface area contributed by atoms with E-state index in [1.54, 1.807) is 0 Å². The quantitative estimate of drug-likeness (QED) is 0.873. The molecule has 2 heterocycles. The van der Waals surface area contributed by atoms with Crippen molar-refractivity contribution in [2.24, 2.45) is 5.92 Å². The molecule has 5 nitrogen and oxygen atoms in total. The maximum absolute atomic E-state index is 12.3. The third-order valence-electron chi connectivity index (χ3n) is 3.15. The first-order chi connectivity index (χ1) is 8.26. The SMILES string of the molecule is CCc1nnsc1C(=O)N1CCCC(CO)C1. The second-order valence-electron chi connectivity index (χ2n) is 4.34. The number of carbonyl (C=O) groups is 1. The molecule has 1 aliphatic rings. The Morgan fingerprint density at radius 3 is 3.18 bits per heavy atom. The number of piperidine rings is 1. The van der Waals surface area contributed by atoms with Crippen LogP contribution in [0.3, 0.4) is 0 Å². The highest BCUT2D eigenvalue weighted by atomic mass is 32.1. The van der Waals surface area contributed by atoms with Gasteiger partial charge in [-0.3, -0.25) is 4.79 Å². The fourth-order valence-electron chi connectivity index (χ4n) is 2.14. The van der Waals surface area contributed by atoms with Crippen molar-refractivity contribution in [1.29, 1.82) is 0 Å². The van der Waals surface area contributed by atoms with Gasteiger partial charge >= 0.3 is 0 Å². The molecular weight excluding hydrogens is 238 g/mol. The highest BCUT2D eigenvalue weighted by molar-refractivity contribution is 7.08. The van der Waals surface area contributed by atoms with Gasteiger partial charge in [0.15, 0.2) is 0 Å². The number of aromatic nitrogens is 2. The summed E-state index contributed by atoms with van der Waals surface area (Å²) in [5.74, 6) is 0.244. The fourth-order valence-corrected chi connectivity index (χ4v) is 2.86. The van der Waals surface area contributed by atoms with Crippen molar-refractivity contribution < 1.29 is 9.90 Å². The number of aryl methyl sites for hydroxylation is 1. The zero-order valence-electron chi connectivity index (χ0n) is 9.93. The molecular formula is C11H17N3O2S. The first-order valence-corrected chi connectivity index (χ1v) is 6.75. The van der Waals surface area contributed by atoms with Crippen molar-refractivity contribution in [3.63, 3.8) is 0 Å². The lowest BCUT2D eigenvalue weighted by molar-refractivity contribution is 0.0624. The predicted octanol–water partition coefficient (Wildman–Crippen LogP) is 0.945. The van der Waals surface area contributed by atoms with E-state index in [9.17, 15) is 4.79 Å². The van der Waals surface area contributed by atoms with Crippen LogP contribution in [0.5, 0.6) is 0 Å². The first-order valence-electron chi connectivity index (χ1n) is 5.97. The van der Waals surface area contributed by atoms with Crippen LogP contribution in [0.4, 0.5) is 0 Å². The highest BCUT2D eigenvalue weighted by Crippen LogP contribution is 2.20. The van der Waals surface area contributed by atoms with Gasteiger partial charge < -0.3 is 10.0 Å². The normalized spacial score (nSPS) is 20.6. The number of likely N-dealkylation sites (tertiary alicyclic amines) is 1. The molecule has 0 bridgehead atoms. The van der Waals surface area contributed by atoms with Crippen LogP contribution >= 0.6 is 11.5 Å². The van der Waals surface area contributed by atoms with E-state index < -0.39 is 0 Å². The predicted molar refractivity (Wildman–Crippen MR) is 65.0 cm³/mol. The van der Waals surface area contributed by atoms with E-state index in [0.29, 0.717) is 11.4 Å². The number of hydrogen-bond acceptors (Lipinski definition) is 5. The molecule has 1 aliphatic heterocycles. The molecule has 1 aromatic heterocycles. The van der Waals surface area contributed by atoms with Gasteiger partial charge in [-0.25, -0.2) is 0 Å². The van der Waals surface area contributed by atoms with Gasteiger partial charge in [0, 0.05) is 19.7 Å². The Balaban J connectivity index is 2.09. The van der Waals surface area contributed by atoms with Gasteiger partial charge in [0.1, 0.15) is 4.88 Å². The minimum Gasteiger partial charge on any atom is -0.396 e. The fraction of sp³-hybridized carbons (Fsp3) is 0.727. The van der Waals surface area contributed by atoms with E-state index >= 15 is 0 Å². The lowest BCUT2D eigenvalue weighted by atomic mass is 9.99. The Hall–Kier alpha value is -1.01. The van der Waals surface area contributed by atoms with Gasteiger partial charge in [0.05, 0.1) is 5.69 Å². The molecule has 1 N–H and O–H groups in total. The van der Waals surface area contributed by atoms with Crippen molar-refractivity contribution in [1.82, 2.24) is 14.5 Å². The van der Waals surface area contributed by atoms with Crippen LogP contribution < -0.4 is 0 Å². The number of hydrogen-bond donors (Lipinski definition) is 1. The number of nitrogens with zero attached hydrogens (tertiary/aromatic N) is 3. The van der Waals surface area contributed by atoms with Gasteiger partial charge in [0.25, 0.3) is 5.91 Å². The molecule has 6 heteroatoms. The Bertz CT molecular complexity index is 394. The summed E-state index contributed by atoms with van der Waals surface area (Å²) >= 11 is 1.17. The van der Waals surface area contributed by atoms with Gasteiger partial charge in [-0.15, -0.1) is 5.10 Å². The molecule has 1 aromatic rings. The zero-order valence-corrected chi connectivity index (χ0v) is 10.7. The second-order valence-corrected chi connectivity index (χ2v) is 5.10. The third-order valence-corrected chi connectivity index (χ3v) is 3.91. The molecule has 94 valence electrons. The smallest absolute Gasteiger partial charge is 0.267 e. The van der Waals surface area contributed by atoms with E-state index in [0.717, 1.165) is 31.5 Å². The van der Waals surface area contributed by atoms with Crippen LogP contribution in [-0.2, 0) is 6.42 Å². The molecule has 17 heavy (non-hydrogen) atoms. The number of aliphatic hydroxyl groups excluding tert-OH is 1. The van der Waals surface area contributed by atoms with Crippen LogP contribution in [-0.4, -0.2) is 45.2 Å². The van der Waals surface area contributed by atoms with Crippen molar-refractivity contribution in [3.05, 3.63) is 10.6 Å². The van der Waals surface area contributed by atoms with E-state index in [4.69, 9.17) is 5.11 Å². The molecule has 0 aliphatic carbocycles. The van der Waals surface area contributed by atoms with Gasteiger partial charge in [0.2, 0.25) is 0 Å². The van der Waals surface area contributed by atoms with Crippen LogP contribution in [0.25, 0.3) is 0 Å². The lowest BCUT2D eigenvalue weighted by Crippen LogP contribution is -2.40. The molecule has 1 atom stereocenters. The van der Waals surface area contributed by atoms with Crippen LogP contribution in [0.1, 0.15) is 35.1 Å². The zero-order chi connectivity index (χ0) is 12.3. The van der Waals surface area contributed by atoms with Crippen molar-refractivity contribution in [2.45, 2.75) is 26.2 Å². The Kier molecular flexibility index (Phi) is 4.06. The molecule has 1 fully saturated rings. The maximum Gasteiger partial charge on any atom is 0.267 e. The summed E-state index contributed by atoms with van der Waals surface area (Å²) in [5, 5.41) is 13.1. The molecule has 0 saturated carbocycles. The molecule has 2 rings (SSSR count). The highest BCUT2D eigenvalue weighted by Gasteiger charge is 2.26. The average molecular weight is 255 g/mol. The molecule has 0 radical (unpaired) electrons. The first kappa shape index (κ1) is 12.4. The summed E-state index contributed by atoms with van der Waals surface area (Å²) < 4.78 is 3.84. The Morgan fingerprint density at radius 1 is 1.65 bits per heavy atom. The standard InChI is InChI=1S/C11H17N3O2S/c1-2-9-10(17-13-12-9)11(16)14-5-3-4-8(6-14)7-15/h8,15H,2-7H2,1H3. The van der Waals surface area contributed by atoms with E-state index in [2.05, 4.69) is 9.59 Å². The minimum absolute atomic E-state index is 0.0231. The molecule has 0 spiro atoms. The molecule has 1 amide bonds. The van der Waals surface area contributed by atoms with Crippen molar-refractivity contribution >= 4 is 17.4 Å². The van der Waals surface area contributed by atoms with Crippen molar-refractivity contribution in [3.8, 4) is 0 Å². The largest absolute Gasteiger partial charge is 0.396 e. The Morgan fingerprint density at radius 2 is 2.47 bits per heavy atom. The summed E-state index contributed by atoms with van der Waals surface area (Å²) in [7, 11) is 0. The minimum atomic E-state index is 0.0231. The molecule has 0 aromatic carbocycles. The van der Waals surface area contributed by atoms with Crippen molar-refractivity contribution in [2.75, 3.05) is 19.7 Å². The van der Waals surface area contributed by atoms with E-state index in [1.807, 2.05) is 11.8 Å². The average Bonchev–Trinajstić information content (AvgIpc) is 2.86. The summed E-state index contributed by atoms with van der Waals surface area (Å²) in [6.45, 7) is 3.55. The van der Waals surface area contributed by atoms with E-state index in [1.165, 1.54) is 11.5 Å². The summed E-state index contributed by atoms with van der Waals surface area (Å²) in [6, 6.07) is 0. The number of aliphatic hydroxyl groups is 1. The van der Waals surface area contributed by atoms with Gasteiger partial charge in [-0.1, -0.05) is 11.4 Å². The van der Waals surface area contributed by atoms with Gasteiger partial charge in [-0.2, -0.15) is 0 Å². The molecule has 1 unspecified atom stereocenters. The Labute approximate surface area is 105 Å². The van der Waals surface area contributed by atoms with Crippen LogP contribution in [0, 0.1) is 5.92 Å². The third kappa shape index (κ3) is 2.63. The second kappa shape index (κ2) is 5.55. The van der Waals surface area contributed by atoms with Crippen LogP contribution in [0.2, 0.25) is 0 Å². The summed E-state index contributed by atoms with van der Waals surface area (Å²) in [5.41, 5.74) is 0.783. The van der Waals surface area contributed by atoms with Gasteiger partial charge in [-0.05, 0) is 36.7 Å². The topological polar surface area (TPSA) is 66.3 Å². The molecule has 1 saturated heterocycles. The number of carbonyl (C=O) groups excluding carboxylic acids is 1. The summed E-state index contributed by atoms with van der Waals surface area (Å²) in [6.07, 6.45) is 2.70. The van der Waals surface area contributed by atoms with Crippen LogP contribution in [0.15, 0.2) is 0 Å². The van der Waals surface area contributed by atoms with E-state index in [-0.39, 0.29) is 18.4 Å². The maximum atomic E-state index is 12.3. The monoisotopic (exact) mass is 255 g/mol.